The highest BCUT2D eigenvalue weighted by Crippen LogP contribution is 2.29. The van der Waals surface area contributed by atoms with Crippen molar-refractivity contribution in [3.05, 3.63) is 99.8 Å². The Kier molecular flexibility index (Phi) is 7.69. The van der Waals surface area contributed by atoms with E-state index in [1.807, 2.05) is 35.5 Å². The van der Waals surface area contributed by atoms with Crippen molar-refractivity contribution in [2.45, 2.75) is 26.3 Å². The molecular formula is C29H29N3O3S. The highest BCUT2D eigenvalue weighted by Gasteiger charge is 2.17. The molecule has 6 nitrogen and oxygen atoms in total. The van der Waals surface area contributed by atoms with Crippen molar-refractivity contribution in [3.63, 3.8) is 0 Å². The second-order valence-electron chi connectivity index (χ2n) is 8.87. The minimum atomic E-state index is 0.0594. The van der Waals surface area contributed by atoms with E-state index in [1.165, 1.54) is 5.56 Å². The van der Waals surface area contributed by atoms with Crippen molar-refractivity contribution in [1.29, 1.82) is 0 Å². The van der Waals surface area contributed by atoms with Crippen molar-refractivity contribution < 1.29 is 14.3 Å². The summed E-state index contributed by atoms with van der Waals surface area (Å²) in [6.45, 7) is 4.39. The Morgan fingerprint density at radius 2 is 1.94 bits per heavy atom. The first-order valence-electron chi connectivity index (χ1n) is 12.1. The lowest BCUT2D eigenvalue weighted by Gasteiger charge is -2.23. The number of hydrogen-bond donors (Lipinski definition) is 0. The SMILES string of the molecule is Cc1nc(CC(=O)N2CCOCCOc3ccc(-c4cccnc4)cc3Cc3cccc(c3)C2)cs1. The summed E-state index contributed by atoms with van der Waals surface area (Å²) in [5.74, 6) is 0.924. The maximum atomic E-state index is 13.2. The molecule has 36 heavy (non-hydrogen) atoms. The van der Waals surface area contributed by atoms with Crippen molar-refractivity contribution in [3.8, 4) is 16.9 Å². The van der Waals surface area contributed by atoms with Gasteiger partial charge in [-0.05, 0) is 47.4 Å². The molecule has 1 aliphatic rings. The van der Waals surface area contributed by atoms with Crippen LogP contribution in [0.15, 0.2) is 72.4 Å². The maximum Gasteiger partial charge on any atom is 0.228 e. The zero-order chi connectivity index (χ0) is 24.7. The molecule has 3 heterocycles. The van der Waals surface area contributed by atoms with Crippen LogP contribution in [0.25, 0.3) is 11.1 Å². The van der Waals surface area contributed by atoms with Gasteiger partial charge in [-0.2, -0.15) is 0 Å². The number of pyridine rings is 1. The number of aryl methyl sites for hydroxylation is 1. The highest BCUT2D eigenvalue weighted by atomic mass is 32.1. The normalized spacial score (nSPS) is 14.4. The maximum absolute atomic E-state index is 13.2. The first-order valence-corrected chi connectivity index (χ1v) is 13.0. The van der Waals surface area contributed by atoms with Gasteiger partial charge in [0.1, 0.15) is 12.4 Å². The number of benzene rings is 2. The monoisotopic (exact) mass is 499 g/mol. The van der Waals surface area contributed by atoms with E-state index >= 15 is 0 Å². The fourth-order valence-electron chi connectivity index (χ4n) is 4.39. The number of amides is 1. The molecule has 184 valence electrons. The molecule has 4 aromatic rings. The number of rotatable bonds is 3. The quantitative estimate of drug-likeness (QED) is 0.393. The third kappa shape index (κ3) is 6.17. The number of fused-ring (bicyclic) bond motifs is 3. The van der Waals surface area contributed by atoms with E-state index in [2.05, 4.69) is 52.4 Å². The summed E-state index contributed by atoms with van der Waals surface area (Å²) >= 11 is 1.57. The van der Waals surface area contributed by atoms with Gasteiger partial charge in [-0.25, -0.2) is 4.98 Å². The summed E-state index contributed by atoms with van der Waals surface area (Å²) < 4.78 is 12.0. The third-order valence-corrected chi connectivity index (χ3v) is 6.98. The second-order valence-corrected chi connectivity index (χ2v) is 9.93. The molecule has 0 radical (unpaired) electrons. The lowest BCUT2D eigenvalue weighted by Crippen LogP contribution is -2.35. The van der Waals surface area contributed by atoms with E-state index in [9.17, 15) is 4.79 Å². The van der Waals surface area contributed by atoms with E-state index in [-0.39, 0.29) is 5.91 Å². The third-order valence-electron chi connectivity index (χ3n) is 6.16. The molecule has 0 atom stereocenters. The Morgan fingerprint density at radius 1 is 1.03 bits per heavy atom. The van der Waals surface area contributed by atoms with E-state index in [4.69, 9.17) is 9.47 Å². The zero-order valence-electron chi connectivity index (χ0n) is 20.4. The fourth-order valence-corrected chi connectivity index (χ4v) is 5.00. The Hall–Kier alpha value is -3.55. The molecule has 5 rings (SSSR count). The van der Waals surface area contributed by atoms with Crippen LogP contribution in [0.2, 0.25) is 0 Å². The molecule has 0 saturated carbocycles. The average Bonchev–Trinajstić information content (AvgIpc) is 3.30. The van der Waals surface area contributed by atoms with E-state index < -0.39 is 0 Å². The minimum Gasteiger partial charge on any atom is -0.491 e. The largest absolute Gasteiger partial charge is 0.491 e. The molecular weight excluding hydrogens is 470 g/mol. The smallest absolute Gasteiger partial charge is 0.228 e. The molecule has 0 fully saturated rings. The summed E-state index contributed by atoms with van der Waals surface area (Å²) in [5.41, 5.74) is 6.38. The first kappa shape index (κ1) is 24.2. The molecule has 1 aliphatic heterocycles. The second kappa shape index (κ2) is 11.5. The summed E-state index contributed by atoms with van der Waals surface area (Å²) in [6.07, 6.45) is 4.68. The summed E-state index contributed by atoms with van der Waals surface area (Å²) in [4.78, 5) is 23.8. The van der Waals surface area contributed by atoms with Crippen LogP contribution in [0.4, 0.5) is 0 Å². The van der Waals surface area contributed by atoms with Crippen LogP contribution in [0.1, 0.15) is 27.4 Å². The van der Waals surface area contributed by atoms with E-state index in [1.54, 1.807) is 17.5 Å². The number of hydrogen-bond acceptors (Lipinski definition) is 6. The highest BCUT2D eigenvalue weighted by molar-refractivity contribution is 7.09. The fraction of sp³-hybridized carbons (Fsp3) is 0.276. The van der Waals surface area contributed by atoms with Crippen LogP contribution in [0.5, 0.6) is 5.75 Å². The number of carbonyl (C=O) groups excluding carboxylic acids is 1. The number of nitrogens with zero attached hydrogens (tertiary/aromatic N) is 3. The lowest BCUT2D eigenvalue weighted by atomic mass is 9.98. The van der Waals surface area contributed by atoms with Gasteiger partial charge in [0.2, 0.25) is 5.91 Å². The van der Waals surface area contributed by atoms with Crippen molar-refractivity contribution in [1.82, 2.24) is 14.9 Å². The van der Waals surface area contributed by atoms with Crippen molar-refractivity contribution in [2.75, 3.05) is 26.4 Å². The Morgan fingerprint density at radius 3 is 2.78 bits per heavy atom. The number of aromatic nitrogens is 2. The first-order chi connectivity index (χ1) is 17.6. The van der Waals surface area contributed by atoms with Gasteiger partial charge in [0.25, 0.3) is 0 Å². The van der Waals surface area contributed by atoms with Crippen LogP contribution in [-0.4, -0.2) is 47.1 Å². The van der Waals surface area contributed by atoms with Gasteiger partial charge in [0.05, 0.1) is 30.3 Å². The topological polar surface area (TPSA) is 64.6 Å². The van der Waals surface area contributed by atoms with E-state index in [0.29, 0.717) is 39.3 Å². The Balaban J connectivity index is 1.40. The number of thiazole rings is 1. The zero-order valence-corrected chi connectivity index (χ0v) is 21.2. The van der Waals surface area contributed by atoms with Gasteiger partial charge >= 0.3 is 0 Å². The molecule has 7 heteroatoms. The summed E-state index contributed by atoms with van der Waals surface area (Å²) in [5, 5.41) is 2.94. The van der Waals surface area contributed by atoms with Gasteiger partial charge in [-0.15, -0.1) is 11.3 Å². The lowest BCUT2D eigenvalue weighted by molar-refractivity contribution is -0.132. The van der Waals surface area contributed by atoms with Crippen LogP contribution in [0, 0.1) is 6.92 Å². The average molecular weight is 500 g/mol. The van der Waals surface area contributed by atoms with Gasteiger partial charge in [0.15, 0.2) is 0 Å². The molecule has 0 N–H and O–H groups in total. The van der Waals surface area contributed by atoms with Crippen LogP contribution < -0.4 is 4.74 Å². The van der Waals surface area contributed by atoms with Gasteiger partial charge in [-0.3, -0.25) is 9.78 Å². The van der Waals surface area contributed by atoms with Gasteiger partial charge in [0, 0.05) is 42.8 Å². The van der Waals surface area contributed by atoms with Crippen molar-refractivity contribution >= 4 is 17.2 Å². The molecule has 2 aromatic heterocycles. The van der Waals surface area contributed by atoms with Gasteiger partial charge in [-0.1, -0.05) is 36.4 Å². The van der Waals surface area contributed by atoms with Crippen LogP contribution in [0.3, 0.4) is 0 Å². The van der Waals surface area contributed by atoms with Crippen LogP contribution >= 0.6 is 11.3 Å². The van der Waals surface area contributed by atoms with Crippen molar-refractivity contribution in [2.24, 2.45) is 0 Å². The molecule has 0 unspecified atom stereocenters. The molecule has 2 aromatic carbocycles. The predicted molar refractivity (Wildman–Crippen MR) is 141 cm³/mol. The molecule has 1 amide bonds. The standard InChI is InChI=1S/C29H29N3O3S/c1-21-31-27(20-36-21)17-29(33)32-10-11-34-12-13-35-28-8-7-24(25-6-3-9-30-18-25)16-26(28)15-22-4-2-5-23(14-22)19-32/h2-9,14,16,18,20H,10-13,15,17,19H2,1H3. The Labute approximate surface area is 215 Å². The van der Waals surface area contributed by atoms with E-state index in [0.717, 1.165) is 45.1 Å². The molecule has 2 bridgehead atoms. The Bertz CT molecular complexity index is 1320. The summed E-state index contributed by atoms with van der Waals surface area (Å²) in [7, 11) is 0. The molecule has 0 spiro atoms. The number of ether oxygens (including phenoxy) is 2. The molecule has 0 saturated heterocycles. The minimum absolute atomic E-state index is 0.0594. The molecule has 0 aliphatic carbocycles. The predicted octanol–water partition coefficient (Wildman–Crippen LogP) is 5.08. The van der Waals surface area contributed by atoms with Crippen LogP contribution in [-0.2, 0) is 28.9 Å². The van der Waals surface area contributed by atoms with Gasteiger partial charge < -0.3 is 14.4 Å². The number of carbonyl (C=O) groups is 1. The summed E-state index contributed by atoms with van der Waals surface area (Å²) in [6, 6.07) is 18.7.